The van der Waals surface area contributed by atoms with E-state index in [0.717, 1.165) is 11.7 Å². The summed E-state index contributed by atoms with van der Waals surface area (Å²) in [6, 6.07) is 0. The molecule has 3 heteroatoms. The second-order valence-corrected chi connectivity index (χ2v) is 1.95. The van der Waals surface area contributed by atoms with Gasteiger partial charge in [-0.25, -0.2) is 5.01 Å². The van der Waals surface area contributed by atoms with Crippen LogP contribution in [-0.2, 0) is 0 Å². The van der Waals surface area contributed by atoms with Crippen molar-refractivity contribution in [2.75, 3.05) is 13.6 Å². The van der Waals surface area contributed by atoms with Crippen LogP contribution in [0.15, 0.2) is 11.2 Å². The molecular formula is C4H7ClN2. The predicted molar refractivity (Wildman–Crippen MR) is 29.7 cm³/mol. The molecule has 0 bridgehead atoms. The van der Waals surface area contributed by atoms with Crippen molar-refractivity contribution in [2.24, 2.45) is 0 Å². The van der Waals surface area contributed by atoms with Crippen molar-refractivity contribution in [3.05, 3.63) is 11.2 Å². The molecule has 2 nitrogen and oxygen atoms in total. The highest BCUT2D eigenvalue weighted by Gasteiger charge is 2.02. The molecule has 0 fully saturated rings. The quantitative estimate of drug-likeness (QED) is 0.467. The van der Waals surface area contributed by atoms with E-state index in [1.807, 2.05) is 18.1 Å². The Morgan fingerprint density at radius 3 is 2.86 bits per heavy atom. The van der Waals surface area contributed by atoms with Gasteiger partial charge in [0.05, 0.1) is 0 Å². The van der Waals surface area contributed by atoms with E-state index < -0.39 is 0 Å². The molecule has 0 spiro atoms. The van der Waals surface area contributed by atoms with E-state index in [-0.39, 0.29) is 0 Å². The van der Waals surface area contributed by atoms with Crippen molar-refractivity contribution in [1.29, 1.82) is 0 Å². The SMILES string of the molecule is CN1CC=C(Cl)N1. The molecule has 7 heavy (non-hydrogen) atoms. The van der Waals surface area contributed by atoms with Crippen molar-refractivity contribution in [3.63, 3.8) is 0 Å². The summed E-state index contributed by atoms with van der Waals surface area (Å²) in [4.78, 5) is 0. The fraction of sp³-hybridized carbons (Fsp3) is 0.500. The van der Waals surface area contributed by atoms with E-state index in [4.69, 9.17) is 11.6 Å². The summed E-state index contributed by atoms with van der Waals surface area (Å²) >= 11 is 5.52. The maximum atomic E-state index is 5.52. The Morgan fingerprint density at radius 1 is 2.00 bits per heavy atom. The lowest BCUT2D eigenvalue weighted by atomic mass is 10.6. The number of rotatable bonds is 0. The first-order valence-electron chi connectivity index (χ1n) is 2.12. The molecule has 0 radical (unpaired) electrons. The lowest BCUT2D eigenvalue weighted by molar-refractivity contribution is 0.328. The maximum Gasteiger partial charge on any atom is 0.113 e. The Bertz CT molecular complexity index is 99.9. The molecule has 0 saturated carbocycles. The summed E-state index contributed by atoms with van der Waals surface area (Å²) in [7, 11) is 1.94. The second-order valence-electron chi connectivity index (χ2n) is 1.54. The molecule has 1 aliphatic rings. The average molecular weight is 119 g/mol. The molecule has 0 atom stereocenters. The number of halogens is 1. The van der Waals surface area contributed by atoms with Gasteiger partial charge in [0.15, 0.2) is 0 Å². The van der Waals surface area contributed by atoms with Crippen molar-refractivity contribution in [2.45, 2.75) is 0 Å². The zero-order valence-electron chi connectivity index (χ0n) is 4.11. The smallest absolute Gasteiger partial charge is 0.113 e. The molecular weight excluding hydrogens is 112 g/mol. The van der Waals surface area contributed by atoms with Crippen molar-refractivity contribution >= 4 is 11.6 Å². The van der Waals surface area contributed by atoms with Crippen LogP contribution in [0.3, 0.4) is 0 Å². The third kappa shape index (κ3) is 1.08. The van der Waals surface area contributed by atoms with Crippen LogP contribution in [0.1, 0.15) is 0 Å². The van der Waals surface area contributed by atoms with Crippen LogP contribution in [0, 0.1) is 0 Å². The fourth-order valence-corrected chi connectivity index (χ4v) is 0.704. The largest absolute Gasteiger partial charge is 0.309 e. The van der Waals surface area contributed by atoms with Gasteiger partial charge in [-0.2, -0.15) is 0 Å². The molecule has 1 rings (SSSR count). The highest BCUT2D eigenvalue weighted by molar-refractivity contribution is 6.29. The summed E-state index contributed by atoms with van der Waals surface area (Å²) < 4.78 is 0. The van der Waals surface area contributed by atoms with Gasteiger partial charge in [-0.15, -0.1) is 0 Å². The van der Waals surface area contributed by atoms with Crippen LogP contribution < -0.4 is 5.43 Å². The van der Waals surface area contributed by atoms with Gasteiger partial charge < -0.3 is 5.43 Å². The highest BCUT2D eigenvalue weighted by atomic mass is 35.5. The van der Waals surface area contributed by atoms with Crippen LogP contribution >= 0.6 is 11.6 Å². The third-order valence-electron chi connectivity index (χ3n) is 0.842. The van der Waals surface area contributed by atoms with E-state index in [0.29, 0.717) is 0 Å². The minimum atomic E-state index is 0.725. The normalized spacial score (nSPS) is 21.7. The minimum Gasteiger partial charge on any atom is -0.309 e. The van der Waals surface area contributed by atoms with E-state index >= 15 is 0 Å². The summed E-state index contributed by atoms with van der Waals surface area (Å²) in [5.41, 5.74) is 2.88. The number of hydrogen-bond acceptors (Lipinski definition) is 2. The van der Waals surface area contributed by atoms with E-state index in [1.54, 1.807) is 0 Å². The third-order valence-corrected chi connectivity index (χ3v) is 1.08. The molecule has 0 unspecified atom stereocenters. The zero-order chi connectivity index (χ0) is 5.28. The Kier molecular flexibility index (Phi) is 1.21. The lowest BCUT2D eigenvalue weighted by Crippen LogP contribution is -2.25. The molecule has 1 heterocycles. The molecule has 1 N–H and O–H groups in total. The number of likely N-dealkylation sites (N-methyl/N-ethyl adjacent to an activating group) is 1. The number of hydrazine groups is 1. The lowest BCUT2D eigenvalue weighted by Gasteiger charge is -2.06. The van der Waals surface area contributed by atoms with Crippen molar-refractivity contribution in [1.82, 2.24) is 10.4 Å². The molecule has 0 aliphatic carbocycles. The van der Waals surface area contributed by atoms with Gasteiger partial charge in [0.25, 0.3) is 0 Å². The standard InChI is InChI=1S/C4H7ClN2/c1-7-3-2-4(5)6-7/h2,6H,3H2,1H3. The molecule has 0 saturated heterocycles. The Morgan fingerprint density at radius 2 is 2.71 bits per heavy atom. The van der Waals surface area contributed by atoms with E-state index in [2.05, 4.69) is 5.43 Å². The maximum absolute atomic E-state index is 5.52. The second kappa shape index (κ2) is 1.72. The average Bonchev–Trinajstić information content (AvgIpc) is 1.87. The van der Waals surface area contributed by atoms with Gasteiger partial charge in [0, 0.05) is 13.6 Å². The fourth-order valence-electron chi connectivity index (χ4n) is 0.491. The Balaban J connectivity index is 2.42. The first-order chi connectivity index (χ1) is 3.29. The highest BCUT2D eigenvalue weighted by Crippen LogP contribution is 2.02. The van der Waals surface area contributed by atoms with Gasteiger partial charge in [-0.3, -0.25) is 0 Å². The summed E-state index contributed by atoms with van der Waals surface area (Å²) in [6.45, 7) is 0.902. The summed E-state index contributed by atoms with van der Waals surface area (Å²) in [5, 5.41) is 2.63. The topological polar surface area (TPSA) is 15.3 Å². The van der Waals surface area contributed by atoms with E-state index in [1.165, 1.54) is 0 Å². The minimum absolute atomic E-state index is 0.725. The first-order valence-corrected chi connectivity index (χ1v) is 2.50. The van der Waals surface area contributed by atoms with Crippen LogP contribution in [-0.4, -0.2) is 18.6 Å². The zero-order valence-corrected chi connectivity index (χ0v) is 4.87. The van der Waals surface area contributed by atoms with Gasteiger partial charge in [-0.1, -0.05) is 11.6 Å². The van der Waals surface area contributed by atoms with Gasteiger partial charge in [0.1, 0.15) is 5.16 Å². The van der Waals surface area contributed by atoms with Gasteiger partial charge >= 0.3 is 0 Å². The van der Waals surface area contributed by atoms with Gasteiger partial charge in [0.2, 0.25) is 0 Å². The molecule has 0 amide bonds. The summed E-state index contributed by atoms with van der Waals surface area (Å²) in [5.74, 6) is 0. The molecule has 0 aromatic rings. The first kappa shape index (κ1) is 4.94. The Labute approximate surface area is 47.7 Å². The predicted octanol–water partition coefficient (Wildman–Crippen LogP) is 0.517. The van der Waals surface area contributed by atoms with E-state index in [9.17, 15) is 0 Å². The number of nitrogens with zero attached hydrogens (tertiary/aromatic N) is 1. The van der Waals surface area contributed by atoms with Crippen molar-refractivity contribution < 1.29 is 0 Å². The van der Waals surface area contributed by atoms with Gasteiger partial charge in [-0.05, 0) is 6.08 Å². The van der Waals surface area contributed by atoms with Crippen LogP contribution in [0.25, 0.3) is 0 Å². The molecule has 0 aromatic carbocycles. The monoisotopic (exact) mass is 118 g/mol. The van der Waals surface area contributed by atoms with Crippen LogP contribution in [0.4, 0.5) is 0 Å². The molecule has 40 valence electrons. The number of hydrogen-bond donors (Lipinski definition) is 1. The van der Waals surface area contributed by atoms with Crippen LogP contribution in [0.5, 0.6) is 0 Å². The molecule has 0 aromatic heterocycles. The summed E-state index contributed by atoms with van der Waals surface area (Å²) in [6.07, 6.45) is 1.92. The Hall–Kier alpha value is -0.210. The molecule has 1 aliphatic heterocycles. The number of nitrogens with one attached hydrogen (secondary N) is 1. The van der Waals surface area contributed by atoms with Crippen LogP contribution in [0.2, 0.25) is 0 Å². The van der Waals surface area contributed by atoms with Crippen molar-refractivity contribution in [3.8, 4) is 0 Å².